The van der Waals surface area contributed by atoms with Crippen LogP contribution in [0.2, 0.25) is 0 Å². The maximum absolute atomic E-state index is 11.4. The quantitative estimate of drug-likeness (QED) is 0.774. The molecule has 0 amide bonds. The number of aliphatic carboxylic acids is 1. The zero-order valence-corrected chi connectivity index (χ0v) is 9.38. The first-order valence-electron chi connectivity index (χ1n) is 5.11. The van der Waals surface area contributed by atoms with Gasteiger partial charge in [-0.25, -0.2) is 0 Å². The molecule has 0 saturated heterocycles. The third kappa shape index (κ3) is 2.93. The third-order valence-corrected chi connectivity index (χ3v) is 2.33. The van der Waals surface area contributed by atoms with Crippen LogP contribution in [0.25, 0.3) is 0 Å². The summed E-state index contributed by atoms with van der Waals surface area (Å²) in [6.45, 7) is 3.78. The summed E-state index contributed by atoms with van der Waals surface area (Å²) in [6, 6.07) is 2.17. The van der Waals surface area contributed by atoms with Gasteiger partial charge in [0, 0.05) is 18.3 Å². The van der Waals surface area contributed by atoms with Crippen LogP contribution >= 0.6 is 0 Å². The van der Waals surface area contributed by atoms with Gasteiger partial charge in [0.1, 0.15) is 6.04 Å². The molecule has 16 heavy (non-hydrogen) atoms. The summed E-state index contributed by atoms with van der Waals surface area (Å²) in [7, 11) is 0. The largest absolute Gasteiger partial charge is 0.480 e. The number of rotatable bonds is 4. The molecule has 0 bridgehead atoms. The highest BCUT2D eigenvalue weighted by molar-refractivity contribution is 5.73. The van der Waals surface area contributed by atoms with Gasteiger partial charge in [-0.1, -0.05) is 6.07 Å². The first-order valence-corrected chi connectivity index (χ1v) is 5.11. The van der Waals surface area contributed by atoms with Crippen LogP contribution in [0.3, 0.4) is 0 Å². The lowest BCUT2D eigenvalue weighted by atomic mass is 10.1. The van der Waals surface area contributed by atoms with Crippen LogP contribution in [0, 0.1) is 0 Å². The van der Waals surface area contributed by atoms with E-state index in [4.69, 9.17) is 10.8 Å². The minimum atomic E-state index is -1.04. The van der Waals surface area contributed by atoms with Gasteiger partial charge >= 0.3 is 5.97 Å². The van der Waals surface area contributed by atoms with Gasteiger partial charge in [-0.2, -0.15) is 0 Å². The first kappa shape index (κ1) is 12.4. The van der Waals surface area contributed by atoms with Crippen molar-refractivity contribution in [3.63, 3.8) is 0 Å². The van der Waals surface area contributed by atoms with Crippen LogP contribution in [0.5, 0.6) is 0 Å². The van der Waals surface area contributed by atoms with Crippen molar-refractivity contribution in [1.29, 1.82) is 0 Å². The fourth-order valence-corrected chi connectivity index (χ4v) is 1.42. The van der Waals surface area contributed by atoms with Crippen molar-refractivity contribution in [3.05, 3.63) is 34.2 Å². The number of carboxylic acid groups (broad SMARTS) is 1. The summed E-state index contributed by atoms with van der Waals surface area (Å²) in [4.78, 5) is 22.0. The number of hydrogen-bond acceptors (Lipinski definition) is 3. The molecule has 0 aromatic carbocycles. The topological polar surface area (TPSA) is 85.3 Å². The smallest absolute Gasteiger partial charge is 0.320 e. The molecule has 0 spiro atoms. The van der Waals surface area contributed by atoms with E-state index in [1.807, 2.05) is 13.8 Å². The zero-order chi connectivity index (χ0) is 12.3. The molecule has 1 rings (SSSR count). The molecule has 88 valence electrons. The Bertz CT molecular complexity index is 437. The molecular formula is C11H16N2O3. The molecule has 5 heteroatoms. The third-order valence-electron chi connectivity index (χ3n) is 2.33. The second-order valence-electron chi connectivity index (χ2n) is 4.03. The van der Waals surface area contributed by atoms with Crippen LogP contribution < -0.4 is 11.3 Å². The molecule has 0 aliphatic rings. The van der Waals surface area contributed by atoms with E-state index in [9.17, 15) is 9.59 Å². The van der Waals surface area contributed by atoms with Crippen molar-refractivity contribution in [2.75, 3.05) is 0 Å². The second kappa shape index (κ2) is 4.94. The molecular weight excluding hydrogens is 208 g/mol. The maximum atomic E-state index is 11.4. The van der Waals surface area contributed by atoms with Gasteiger partial charge in [-0.3, -0.25) is 9.59 Å². The van der Waals surface area contributed by atoms with Crippen molar-refractivity contribution in [2.45, 2.75) is 32.4 Å². The van der Waals surface area contributed by atoms with Gasteiger partial charge in [-0.15, -0.1) is 0 Å². The number of nitrogens with zero attached hydrogens (tertiary/aromatic N) is 1. The van der Waals surface area contributed by atoms with Gasteiger partial charge in [0.05, 0.1) is 0 Å². The van der Waals surface area contributed by atoms with E-state index in [1.165, 1.54) is 6.07 Å². The highest BCUT2D eigenvalue weighted by atomic mass is 16.4. The Morgan fingerprint density at radius 1 is 1.50 bits per heavy atom. The Kier molecular flexibility index (Phi) is 3.84. The van der Waals surface area contributed by atoms with Crippen LogP contribution in [0.15, 0.2) is 23.1 Å². The van der Waals surface area contributed by atoms with E-state index in [1.54, 1.807) is 16.8 Å². The van der Waals surface area contributed by atoms with E-state index in [2.05, 4.69) is 0 Å². The molecule has 0 aliphatic heterocycles. The SMILES string of the molecule is CC(C)n1cc(CC(N)C(=O)O)ccc1=O. The fraction of sp³-hybridized carbons (Fsp3) is 0.455. The van der Waals surface area contributed by atoms with Crippen LogP contribution in [0.1, 0.15) is 25.5 Å². The van der Waals surface area contributed by atoms with Crippen LogP contribution in [-0.2, 0) is 11.2 Å². The molecule has 0 aliphatic carbocycles. The molecule has 1 aromatic rings. The predicted molar refractivity (Wildman–Crippen MR) is 60.4 cm³/mol. The number of nitrogens with two attached hydrogens (primary N) is 1. The van der Waals surface area contributed by atoms with Gasteiger partial charge in [0.15, 0.2) is 0 Å². The number of carbonyl (C=O) groups is 1. The van der Waals surface area contributed by atoms with Crippen molar-refractivity contribution in [1.82, 2.24) is 4.57 Å². The van der Waals surface area contributed by atoms with Crippen LogP contribution in [-0.4, -0.2) is 21.7 Å². The summed E-state index contributed by atoms with van der Waals surface area (Å²) in [6.07, 6.45) is 1.89. The summed E-state index contributed by atoms with van der Waals surface area (Å²) in [5.74, 6) is -1.04. The lowest BCUT2D eigenvalue weighted by molar-refractivity contribution is -0.138. The second-order valence-corrected chi connectivity index (χ2v) is 4.03. The highest BCUT2D eigenvalue weighted by Gasteiger charge is 2.13. The van der Waals surface area contributed by atoms with Gasteiger partial charge in [0.25, 0.3) is 5.56 Å². The Balaban J connectivity index is 2.95. The average Bonchev–Trinajstić information content (AvgIpc) is 2.20. The monoisotopic (exact) mass is 224 g/mol. The van der Waals surface area contributed by atoms with Gasteiger partial charge < -0.3 is 15.4 Å². The average molecular weight is 224 g/mol. The van der Waals surface area contributed by atoms with Crippen LogP contribution in [0.4, 0.5) is 0 Å². The Hall–Kier alpha value is -1.62. The Morgan fingerprint density at radius 2 is 2.12 bits per heavy atom. The van der Waals surface area contributed by atoms with E-state index < -0.39 is 12.0 Å². The minimum absolute atomic E-state index is 0.0495. The molecule has 5 nitrogen and oxygen atoms in total. The first-order chi connectivity index (χ1) is 7.41. The van der Waals surface area contributed by atoms with Crippen molar-refractivity contribution < 1.29 is 9.90 Å². The summed E-state index contributed by atoms with van der Waals surface area (Å²) in [5, 5.41) is 8.68. The lowest BCUT2D eigenvalue weighted by Gasteiger charge is -2.12. The number of pyridine rings is 1. The van der Waals surface area contributed by atoms with Crippen molar-refractivity contribution in [2.24, 2.45) is 5.73 Å². The van der Waals surface area contributed by atoms with E-state index in [0.717, 1.165) is 5.56 Å². The van der Waals surface area contributed by atoms with Gasteiger partial charge in [-0.05, 0) is 25.8 Å². The fourth-order valence-electron chi connectivity index (χ4n) is 1.42. The Morgan fingerprint density at radius 3 is 2.62 bits per heavy atom. The predicted octanol–water partition coefficient (Wildman–Crippen LogP) is 0.384. The summed E-state index contributed by atoms with van der Waals surface area (Å²) in [5.41, 5.74) is 6.08. The number of hydrogen-bond donors (Lipinski definition) is 2. The molecule has 0 saturated carbocycles. The summed E-state index contributed by atoms with van der Waals surface area (Å²) < 4.78 is 1.56. The normalized spacial score (nSPS) is 12.8. The van der Waals surface area contributed by atoms with Gasteiger partial charge in [0.2, 0.25) is 0 Å². The molecule has 0 fully saturated rings. The maximum Gasteiger partial charge on any atom is 0.320 e. The van der Waals surface area contributed by atoms with E-state index in [-0.39, 0.29) is 18.0 Å². The molecule has 1 aromatic heterocycles. The summed E-state index contributed by atoms with van der Waals surface area (Å²) >= 11 is 0. The number of carboxylic acids is 1. The lowest BCUT2D eigenvalue weighted by Crippen LogP contribution is -2.33. The van der Waals surface area contributed by atoms with E-state index in [0.29, 0.717) is 0 Å². The standard InChI is InChI=1S/C11H16N2O3/c1-7(2)13-6-8(3-4-10(13)14)5-9(12)11(15)16/h3-4,6-7,9H,5,12H2,1-2H3,(H,15,16). The van der Waals surface area contributed by atoms with E-state index >= 15 is 0 Å². The number of aromatic nitrogens is 1. The zero-order valence-electron chi connectivity index (χ0n) is 9.38. The Labute approximate surface area is 93.5 Å². The molecule has 0 radical (unpaired) electrons. The molecule has 1 atom stereocenters. The molecule has 3 N–H and O–H groups in total. The van der Waals surface area contributed by atoms with Crippen molar-refractivity contribution in [3.8, 4) is 0 Å². The molecule has 1 unspecified atom stereocenters. The molecule has 1 heterocycles. The minimum Gasteiger partial charge on any atom is -0.480 e. The van der Waals surface area contributed by atoms with Crippen molar-refractivity contribution >= 4 is 5.97 Å². The highest BCUT2D eigenvalue weighted by Crippen LogP contribution is 2.05.